The minimum absolute atomic E-state index is 0.0551. The summed E-state index contributed by atoms with van der Waals surface area (Å²) in [6.45, 7) is 2.65. The van der Waals surface area contributed by atoms with E-state index < -0.39 is 24.7 Å². The molecule has 1 rings (SSSR count). The summed E-state index contributed by atoms with van der Waals surface area (Å²) in [4.78, 5) is 23.4. The lowest BCUT2D eigenvalue weighted by atomic mass is 10.0. The summed E-state index contributed by atoms with van der Waals surface area (Å²) in [6, 6.07) is 6.45. The summed E-state index contributed by atoms with van der Waals surface area (Å²) in [5, 5.41) is 3.41. The first-order chi connectivity index (χ1) is 10.2. The van der Waals surface area contributed by atoms with Crippen LogP contribution in [-0.4, -0.2) is 30.4 Å². The fraction of sp³-hybridized carbons (Fsp3) is 0.429. The standard InChI is InChI=1S/C14H17F3N2O2S/c1-9(2)10-3-5-11(6-4-10)22-7-12(20)19-13(21)18-8-14(15,16)17/h3-6,9H,7-8H2,1-2H3,(H2,18,19,20,21). The number of alkyl halides is 3. The molecule has 0 spiro atoms. The molecule has 2 N–H and O–H groups in total. The Hall–Kier alpha value is -1.70. The predicted molar refractivity (Wildman–Crippen MR) is 78.9 cm³/mol. The number of carbonyl (C=O) groups excluding carboxylic acids is 2. The smallest absolute Gasteiger partial charge is 0.329 e. The molecule has 8 heteroatoms. The molecule has 0 heterocycles. The largest absolute Gasteiger partial charge is 0.405 e. The molecule has 0 aliphatic carbocycles. The molecule has 0 aliphatic heterocycles. The summed E-state index contributed by atoms with van der Waals surface area (Å²) in [7, 11) is 0. The Balaban J connectivity index is 2.35. The van der Waals surface area contributed by atoms with Crippen LogP contribution in [0.3, 0.4) is 0 Å². The number of nitrogens with one attached hydrogen (secondary N) is 2. The maximum atomic E-state index is 11.9. The van der Waals surface area contributed by atoms with E-state index in [-0.39, 0.29) is 5.75 Å². The van der Waals surface area contributed by atoms with Crippen LogP contribution >= 0.6 is 11.8 Å². The molecule has 122 valence electrons. The van der Waals surface area contributed by atoms with Crippen molar-refractivity contribution >= 4 is 23.7 Å². The van der Waals surface area contributed by atoms with E-state index in [1.54, 1.807) is 5.32 Å². The van der Waals surface area contributed by atoms with Crippen LogP contribution in [0.15, 0.2) is 29.2 Å². The normalized spacial score (nSPS) is 11.4. The molecule has 22 heavy (non-hydrogen) atoms. The van der Waals surface area contributed by atoms with Gasteiger partial charge in [0.25, 0.3) is 0 Å². The molecule has 4 nitrogen and oxygen atoms in total. The number of hydrogen-bond acceptors (Lipinski definition) is 3. The molecular weight excluding hydrogens is 317 g/mol. The lowest BCUT2D eigenvalue weighted by molar-refractivity contribution is -0.124. The van der Waals surface area contributed by atoms with Crippen LogP contribution in [0, 0.1) is 0 Å². The molecule has 1 aromatic rings. The fourth-order valence-corrected chi connectivity index (χ4v) is 2.18. The highest BCUT2D eigenvalue weighted by Gasteiger charge is 2.27. The van der Waals surface area contributed by atoms with Gasteiger partial charge >= 0.3 is 12.2 Å². The molecule has 0 saturated carbocycles. The number of thioether (sulfide) groups is 1. The molecule has 3 amide bonds. The van der Waals surface area contributed by atoms with Crippen LogP contribution in [-0.2, 0) is 4.79 Å². The van der Waals surface area contributed by atoms with Crippen molar-refractivity contribution in [3.63, 3.8) is 0 Å². The third kappa shape index (κ3) is 7.35. The van der Waals surface area contributed by atoms with Crippen LogP contribution in [0.1, 0.15) is 25.3 Å². The number of hydrogen-bond donors (Lipinski definition) is 2. The van der Waals surface area contributed by atoms with Crippen molar-refractivity contribution in [2.75, 3.05) is 12.3 Å². The Morgan fingerprint density at radius 1 is 1.18 bits per heavy atom. The van der Waals surface area contributed by atoms with E-state index >= 15 is 0 Å². The molecule has 1 aromatic carbocycles. The van der Waals surface area contributed by atoms with Crippen molar-refractivity contribution in [1.29, 1.82) is 0 Å². The van der Waals surface area contributed by atoms with Crippen molar-refractivity contribution < 1.29 is 22.8 Å². The van der Waals surface area contributed by atoms with Crippen LogP contribution in [0.5, 0.6) is 0 Å². The zero-order valence-electron chi connectivity index (χ0n) is 12.2. The second-order valence-corrected chi connectivity index (χ2v) is 5.91. The monoisotopic (exact) mass is 334 g/mol. The maximum Gasteiger partial charge on any atom is 0.405 e. The highest BCUT2D eigenvalue weighted by atomic mass is 32.2. The summed E-state index contributed by atoms with van der Waals surface area (Å²) in [5.41, 5.74) is 1.17. The van der Waals surface area contributed by atoms with E-state index in [2.05, 4.69) is 13.8 Å². The van der Waals surface area contributed by atoms with Gasteiger partial charge in [-0.15, -0.1) is 11.8 Å². The second kappa shape index (κ2) is 8.07. The molecule has 0 saturated heterocycles. The van der Waals surface area contributed by atoms with E-state index in [1.807, 2.05) is 29.6 Å². The first-order valence-electron chi connectivity index (χ1n) is 6.54. The maximum absolute atomic E-state index is 11.9. The highest BCUT2D eigenvalue weighted by molar-refractivity contribution is 8.00. The summed E-state index contributed by atoms with van der Waals surface area (Å²) in [5.74, 6) is -0.308. The van der Waals surface area contributed by atoms with Crippen molar-refractivity contribution in [3.05, 3.63) is 29.8 Å². The van der Waals surface area contributed by atoms with Crippen LogP contribution in [0.2, 0.25) is 0 Å². The number of imide groups is 1. The van der Waals surface area contributed by atoms with E-state index in [1.165, 1.54) is 17.3 Å². The van der Waals surface area contributed by atoms with Crippen LogP contribution in [0.25, 0.3) is 0 Å². The molecule has 0 fully saturated rings. The minimum Gasteiger partial charge on any atom is -0.329 e. The molecule has 0 atom stereocenters. The molecule has 0 radical (unpaired) electrons. The van der Waals surface area contributed by atoms with Gasteiger partial charge in [-0.1, -0.05) is 26.0 Å². The average Bonchev–Trinajstić information content (AvgIpc) is 2.42. The van der Waals surface area contributed by atoms with Gasteiger partial charge < -0.3 is 5.32 Å². The van der Waals surface area contributed by atoms with Gasteiger partial charge in [-0.3, -0.25) is 10.1 Å². The number of halogens is 3. The SMILES string of the molecule is CC(C)c1ccc(SCC(=O)NC(=O)NCC(F)(F)F)cc1. The van der Waals surface area contributed by atoms with Crippen LogP contribution < -0.4 is 10.6 Å². The number of carbonyl (C=O) groups is 2. The predicted octanol–water partition coefficient (Wildman–Crippen LogP) is 3.29. The zero-order valence-corrected chi connectivity index (χ0v) is 13.0. The number of urea groups is 1. The number of benzene rings is 1. The van der Waals surface area contributed by atoms with Crippen molar-refractivity contribution in [3.8, 4) is 0 Å². The first kappa shape index (κ1) is 18.3. The third-order valence-electron chi connectivity index (χ3n) is 2.62. The van der Waals surface area contributed by atoms with E-state index in [4.69, 9.17) is 0 Å². The third-order valence-corrected chi connectivity index (χ3v) is 3.63. The Morgan fingerprint density at radius 2 is 1.77 bits per heavy atom. The Bertz CT molecular complexity index is 516. The molecule has 0 unspecified atom stereocenters. The van der Waals surface area contributed by atoms with E-state index in [0.717, 1.165) is 4.90 Å². The van der Waals surface area contributed by atoms with Gasteiger partial charge in [-0.05, 0) is 23.6 Å². The summed E-state index contributed by atoms with van der Waals surface area (Å²) >= 11 is 1.20. The van der Waals surface area contributed by atoms with Gasteiger partial charge in [0.05, 0.1) is 5.75 Å². The Morgan fingerprint density at radius 3 is 2.27 bits per heavy atom. The lowest BCUT2D eigenvalue weighted by Gasteiger charge is -2.09. The van der Waals surface area contributed by atoms with Gasteiger partial charge in [0.2, 0.25) is 5.91 Å². The van der Waals surface area contributed by atoms with E-state index in [0.29, 0.717) is 5.92 Å². The van der Waals surface area contributed by atoms with E-state index in [9.17, 15) is 22.8 Å². The zero-order chi connectivity index (χ0) is 16.8. The van der Waals surface area contributed by atoms with Gasteiger partial charge in [0.15, 0.2) is 0 Å². The van der Waals surface area contributed by atoms with Gasteiger partial charge in [0, 0.05) is 4.90 Å². The molecule has 0 aromatic heterocycles. The van der Waals surface area contributed by atoms with Crippen LogP contribution in [0.4, 0.5) is 18.0 Å². The van der Waals surface area contributed by atoms with Crippen molar-refractivity contribution in [2.45, 2.75) is 30.8 Å². The topological polar surface area (TPSA) is 58.2 Å². The van der Waals surface area contributed by atoms with Gasteiger partial charge in [-0.25, -0.2) is 4.79 Å². The second-order valence-electron chi connectivity index (χ2n) is 4.86. The van der Waals surface area contributed by atoms with Gasteiger partial charge in [-0.2, -0.15) is 13.2 Å². The highest BCUT2D eigenvalue weighted by Crippen LogP contribution is 2.21. The minimum atomic E-state index is -4.51. The molecular formula is C14H17F3N2O2S. The average molecular weight is 334 g/mol. The summed E-state index contributed by atoms with van der Waals surface area (Å²) < 4.78 is 35.6. The quantitative estimate of drug-likeness (QED) is 0.813. The van der Waals surface area contributed by atoms with Gasteiger partial charge in [0.1, 0.15) is 6.54 Å². The van der Waals surface area contributed by atoms with Crippen molar-refractivity contribution in [2.24, 2.45) is 0 Å². The number of amides is 3. The summed E-state index contributed by atoms with van der Waals surface area (Å²) in [6.07, 6.45) is -4.51. The number of rotatable bonds is 5. The lowest BCUT2D eigenvalue weighted by Crippen LogP contribution is -2.43. The molecule has 0 bridgehead atoms. The van der Waals surface area contributed by atoms with Crippen molar-refractivity contribution in [1.82, 2.24) is 10.6 Å². The first-order valence-corrected chi connectivity index (χ1v) is 7.53. The Labute approximate surface area is 130 Å². The fourth-order valence-electron chi connectivity index (χ4n) is 1.49. The molecule has 0 aliphatic rings. The Kier molecular flexibility index (Phi) is 6.73.